The van der Waals surface area contributed by atoms with Gasteiger partial charge in [-0.25, -0.2) is 4.79 Å². The van der Waals surface area contributed by atoms with Crippen LogP contribution in [0.1, 0.15) is 47.0 Å². The van der Waals surface area contributed by atoms with Crippen LogP contribution in [0.4, 0.5) is 4.79 Å². The van der Waals surface area contributed by atoms with Gasteiger partial charge in [-0.1, -0.05) is 13.3 Å². The summed E-state index contributed by atoms with van der Waals surface area (Å²) < 4.78 is 0. The van der Waals surface area contributed by atoms with Gasteiger partial charge in [0.15, 0.2) is 0 Å². The first-order valence-corrected chi connectivity index (χ1v) is 7.13. The Morgan fingerprint density at radius 3 is 2.24 bits per heavy atom. The molecule has 0 fully saturated rings. The molecule has 2 atom stereocenters. The van der Waals surface area contributed by atoms with E-state index in [4.69, 9.17) is 10.8 Å². The normalized spacial score (nSPS) is 14.1. The molecule has 0 aliphatic rings. The molecular weight excluding hydrogens is 274 g/mol. The molecule has 0 aromatic carbocycles. The summed E-state index contributed by atoms with van der Waals surface area (Å²) in [4.78, 5) is 33.4. The number of carboxylic acid groups (broad SMARTS) is 1. The summed E-state index contributed by atoms with van der Waals surface area (Å²) in [5.74, 6) is -1.65. The summed E-state index contributed by atoms with van der Waals surface area (Å²) in [5, 5.41) is 14.1. The van der Waals surface area contributed by atoms with Crippen LogP contribution >= 0.6 is 0 Å². The van der Waals surface area contributed by atoms with E-state index in [9.17, 15) is 14.4 Å². The number of carbonyl (C=O) groups excluding carboxylic acids is 2. The van der Waals surface area contributed by atoms with Gasteiger partial charge in [-0.2, -0.15) is 0 Å². The van der Waals surface area contributed by atoms with Crippen molar-refractivity contribution >= 4 is 17.9 Å². The van der Waals surface area contributed by atoms with Crippen molar-refractivity contribution in [3.8, 4) is 0 Å². The molecule has 0 heterocycles. The number of hydrogen-bond acceptors (Lipinski definition) is 3. The maximum Gasteiger partial charge on any atom is 0.315 e. The van der Waals surface area contributed by atoms with Crippen molar-refractivity contribution in [3.63, 3.8) is 0 Å². The van der Waals surface area contributed by atoms with Gasteiger partial charge in [0.05, 0.1) is 11.3 Å². The Labute approximate surface area is 125 Å². The van der Waals surface area contributed by atoms with Crippen LogP contribution in [0.3, 0.4) is 0 Å². The van der Waals surface area contributed by atoms with Crippen molar-refractivity contribution in [3.05, 3.63) is 0 Å². The summed E-state index contributed by atoms with van der Waals surface area (Å²) in [5.41, 5.74) is 4.42. The quantitative estimate of drug-likeness (QED) is 0.509. The molecule has 0 saturated carbocycles. The lowest BCUT2D eigenvalue weighted by atomic mass is 9.93. The standard InChI is InChI=1S/C14H27N3O4/c1-9(11(18)19)6-5-7-10(2)17-13(21)16-8-14(3,4)12(15)20/h9-10H,5-8H2,1-4H3,(H2,15,20)(H,18,19)(H2,16,17,21). The fourth-order valence-corrected chi connectivity index (χ4v) is 1.59. The molecule has 5 N–H and O–H groups in total. The van der Waals surface area contributed by atoms with Gasteiger partial charge < -0.3 is 21.5 Å². The second-order valence-electron chi connectivity index (χ2n) is 6.15. The number of carbonyl (C=O) groups is 3. The summed E-state index contributed by atoms with van der Waals surface area (Å²) in [6, 6.07) is -0.425. The van der Waals surface area contributed by atoms with Crippen LogP contribution < -0.4 is 16.4 Å². The first-order valence-electron chi connectivity index (χ1n) is 7.13. The van der Waals surface area contributed by atoms with E-state index in [2.05, 4.69) is 10.6 Å². The molecule has 21 heavy (non-hydrogen) atoms. The Bertz CT molecular complexity index is 382. The average molecular weight is 301 g/mol. The minimum Gasteiger partial charge on any atom is -0.481 e. The smallest absolute Gasteiger partial charge is 0.315 e. The SMILES string of the molecule is CC(CCCC(C)C(=O)O)NC(=O)NCC(C)(C)C(N)=O. The van der Waals surface area contributed by atoms with Crippen molar-refractivity contribution in [2.45, 2.75) is 53.0 Å². The van der Waals surface area contributed by atoms with E-state index < -0.39 is 17.3 Å². The third-order valence-corrected chi connectivity index (χ3v) is 3.43. The predicted octanol–water partition coefficient (Wildman–Crippen LogP) is 1.08. The Morgan fingerprint density at radius 1 is 1.19 bits per heavy atom. The molecule has 3 amide bonds. The molecule has 0 aromatic heterocycles. The molecule has 7 heteroatoms. The van der Waals surface area contributed by atoms with Gasteiger partial charge in [-0.15, -0.1) is 0 Å². The highest BCUT2D eigenvalue weighted by Crippen LogP contribution is 2.12. The molecule has 2 unspecified atom stereocenters. The van der Waals surface area contributed by atoms with Crippen LogP contribution in [0.2, 0.25) is 0 Å². The van der Waals surface area contributed by atoms with Crippen molar-refractivity contribution in [1.29, 1.82) is 0 Å². The largest absolute Gasteiger partial charge is 0.481 e. The average Bonchev–Trinajstić information content (AvgIpc) is 2.35. The third-order valence-electron chi connectivity index (χ3n) is 3.43. The number of nitrogens with two attached hydrogens (primary N) is 1. The molecule has 0 aromatic rings. The number of amides is 3. The molecule has 0 aliphatic heterocycles. The lowest BCUT2D eigenvalue weighted by molar-refractivity contribution is -0.141. The monoisotopic (exact) mass is 301 g/mol. The third kappa shape index (κ3) is 8.16. The second-order valence-corrected chi connectivity index (χ2v) is 6.15. The number of hydrogen-bond donors (Lipinski definition) is 4. The number of nitrogens with one attached hydrogen (secondary N) is 2. The number of carboxylic acids is 1. The molecular formula is C14H27N3O4. The Balaban J connectivity index is 3.95. The highest BCUT2D eigenvalue weighted by atomic mass is 16.4. The first-order chi connectivity index (χ1) is 9.56. The molecule has 0 radical (unpaired) electrons. The summed E-state index contributed by atoms with van der Waals surface area (Å²) in [6.07, 6.45) is 2.00. The Hall–Kier alpha value is -1.79. The lowest BCUT2D eigenvalue weighted by Gasteiger charge is -2.22. The molecule has 0 aliphatic carbocycles. The second kappa shape index (κ2) is 8.49. The van der Waals surface area contributed by atoms with Crippen molar-refractivity contribution in [2.24, 2.45) is 17.1 Å². The number of aliphatic carboxylic acids is 1. The highest BCUT2D eigenvalue weighted by molar-refractivity contribution is 5.81. The van der Waals surface area contributed by atoms with Crippen LogP contribution in [-0.4, -0.2) is 35.6 Å². The van der Waals surface area contributed by atoms with Crippen LogP contribution in [0.5, 0.6) is 0 Å². The van der Waals surface area contributed by atoms with Crippen LogP contribution in [0.15, 0.2) is 0 Å². The Kier molecular flexibility index (Phi) is 7.76. The minimum atomic E-state index is -0.804. The summed E-state index contributed by atoms with van der Waals surface area (Å²) in [7, 11) is 0. The van der Waals surface area contributed by atoms with Gasteiger partial charge in [0.2, 0.25) is 5.91 Å². The van der Waals surface area contributed by atoms with Crippen LogP contribution in [-0.2, 0) is 9.59 Å². The van der Waals surface area contributed by atoms with Gasteiger partial charge >= 0.3 is 12.0 Å². The van der Waals surface area contributed by atoms with Gasteiger partial charge in [-0.3, -0.25) is 9.59 Å². The summed E-state index contributed by atoms with van der Waals surface area (Å²) >= 11 is 0. The van der Waals surface area contributed by atoms with Crippen LogP contribution in [0.25, 0.3) is 0 Å². The van der Waals surface area contributed by atoms with Gasteiger partial charge in [0.1, 0.15) is 0 Å². The van der Waals surface area contributed by atoms with Crippen molar-refractivity contribution in [2.75, 3.05) is 6.54 Å². The van der Waals surface area contributed by atoms with E-state index in [0.717, 1.165) is 6.42 Å². The highest BCUT2D eigenvalue weighted by Gasteiger charge is 2.25. The topological polar surface area (TPSA) is 122 Å². The zero-order valence-corrected chi connectivity index (χ0v) is 13.2. The van der Waals surface area contributed by atoms with E-state index in [1.807, 2.05) is 6.92 Å². The number of urea groups is 1. The molecule has 0 saturated heterocycles. The fourth-order valence-electron chi connectivity index (χ4n) is 1.59. The molecule has 0 spiro atoms. The zero-order valence-electron chi connectivity index (χ0n) is 13.2. The molecule has 0 bridgehead atoms. The lowest BCUT2D eigenvalue weighted by Crippen LogP contribution is -2.47. The fraction of sp³-hybridized carbons (Fsp3) is 0.786. The maximum atomic E-state index is 11.7. The van der Waals surface area contributed by atoms with Crippen LogP contribution in [0, 0.1) is 11.3 Å². The molecule has 122 valence electrons. The Morgan fingerprint density at radius 2 is 1.76 bits per heavy atom. The van der Waals surface area contributed by atoms with E-state index in [1.54, 1.807) is 20.8 Å². The predicted molar refractivity (Wildman–Crippen MR) is 79.6 cm³/mol. The van der Waals surface area contributed by atoms with E-state index in [0.29, 0.717) is 12.8 Å². The van der Waals surface area contributed by atoms with Gasteiger partial charge in [-0.05, 0) is 33.6 Å². The van der Waals surface area contributed by atoms with E-state index >= 15 is 0 Å². The van der Waals surface area contributed by atoms with E-state index in [1.165, 1.54) is 0 Å². The number of rotatable bonds is 9. The minimum absolute atomic E-state index is 0.0670. The number of primary amides is 1. The molecule has 0 rings (SSSR count). The maximum absolute atomic E-state index is 11.7. The van der Waals surface area contributed by atoms with Gasteiger partial charge in [0.25, 0.3) is 0 Å². The zero-order chi connectivity index (χ0) is 16.6. The summed E-state index contributed by atoms with van der Waals surface area (Å²) in [6.45, 7) is 7.00. The van der Waals surface area contributed by atoms with Crippen molar-refractivity contribution < 1.29 is 19.5 Å². The first kappa shape index (κ1) is 19.2. The molecule has 7 nitrogen and oxygen atoms in total. The van der Waals surface area contributed by atoms with E-state index in [-0.39, 0.29) is 24.5 Å². The van der Waals surface area contributed by atoms with Gasteiger partial charge in [0, 0.05) is 12.6 Å². The van der Waals surface area contributed by atoms with Crippen molar-refractivity contribution in [1.82, 2.24) is 10.6 Å².